The molecule has 0 bridgehead atoms. The normalized spacial score (nSPS) is 13.8. The van der Waals surface area contributed by atoms with Crippen molar-refractivity contribution in [2.24, 2.45) is 0 Å². The molecule has 3 nitrogen and oxygen atoms in total. The Morgan fingerprint density at radius 1 is 1.00 bits per heavy atom. The molecule has 1 aromatic heterocycles. The number of nitrogens with zero attached hydrogens (tertiary/aromatic N) is 2. The predicted octanol–water partition coefficient (Wildman–Crippen LogP) is 6.17. The van der Waals surface area contributed by atoms with Crippen LogP contribution < -0.4 is 5.32 Å². The standard InChI is InChI=1S/C20H18Cl3N3/c21-14-4-3-5-16(11-14)26-20-17(6-1-2-9-24-20)19(25-26)10-13-7-8-15(22)12-18(13)23/h3-5,7-8,11-12,24H,1-2,6,9-10H2. The van der Waals surface area contributed by atoms with E-state index < -0.39 is 0 Å². The van der Waals surface area contributed by atoms with Gasteiger partial charge in [0.05, 0.1) is 11.4 Å². The summed E-state index contributed by atoms with van der Waals surface area (Å²) in [7, 11) is 0. The molecule has 0 amide bonds. The summed E-state index contributed by atoms with van der Waals surface area (Å²) in [6, 6.07) is 13.4. The summed E-state index contributed by atoms with van der Waals surface area (Å²) < 4.78 is 1.96. The van der Waals surface area contributed by atoms with Crippen molar-refractivity contribution in [2.45, 2.75) is 25.7 Å². The molecule has 0 spiro atoms. The molecular weight excluding hydrogens is 389 g/mol. The van der Waals surface area contributed by atoms with Crippen molar-refractivity contribution in [3.8, 4) is 5.69 Å². The maximum atomic E-state index is 6.39. The first-order chi connectivity index (χ1) is 12.6. The molecule has 1 aliphatic heterocycles. The van der Waals surface area contributed by atoms with Gasteiger partial charge in [0.15, 0.2) is 0 Å². The van der Waals surface area contributed by atoms with Crippen LogP contribution in [0.3, 0.4) is 0 Å². The molecule has 2 heterocycles. The predicted molar refractivity (Wildman–Crippen MR) is 109 cm³/mol. The Labute approximate surface area is 167 Å². The number of anilines is 1. The second-order valence-electron chi connectivity index (χ2n) is 6.46. The van der Waals surface area contributed by atoms with Crippen LogP contribution in [0.1, 0.15) is 29.7 Å². The third-order valence-electron chi connectivity index (χ3n) is 4.64. The van der Waals surface area contributed by atoms with E-state index in [1.165, 1.54) is 5.56 Å². The van der Waals surface area contributed by atoms with Crippen LogP contribution >= 0.6 is 34.8 Å². The van der Waals surface area contributed by atoms with E-state index in [1.807, 2.05) is 41.1 Å². The van der Waals surface area contributed by atoms with E-state index in [2.05, 4.69) is 5.32 Å². The fourth-order valence-corrected chi connectivity index (χ4v) is 4.02. The Morgan fingerprint density at radius 2 is 1.85 bits per heavy atom. The quantitative estimate of drug-likeness (QED) is 0.563. The third kappa shape index (κ3) is 3.57. The fourth-order valence-electron chi connectivity index (χ4n) is 3.36. The zero-order chi connectivity index (χ0) is 18.1. The topological polar surface area (TPSA) is 29.9 Å². The summed E-state index contributed by atoms with van der Waals surface area (Å²) >= 11 is 18.6. The van der Waals surface area contributed by atoms with Gasteiger partial charge >= 0.3 is 0 Å². The molecule has 0 saturated carbocycles. The molecule has 6 heteroatoms. The van der Waals surface area contributed by atoms with Crippen LogP contribution in [0.2, 0.25) is 15.1 Å². The summed E-state index contributed by atoms with van der Waals surface area (Å²) in [5, 5.41) is 10.5. The highest BCUT2D eigenvalue weighted by Crippen LogP contribution is 2.31. The number of fused-ring (bicyclic) bond motifs is 1. The zero-order valence-corrected chi connectivity index (χ0v) is 16.4. The zero-order valence-electron chi connectivity index (χ0n) is 14.1. The first-order valence-electron chi connectivity index (χ1n) is 8.66. The highest BCUT2D eigenvalue weighted by atomic mass is 35.5. The van der Waals surface area contributed by atoms with Gasteiger partial charge in [-0.25, -0.2) is 4.68 Å². The largest absolute Gasteiger partial charge is 0.370 e. The Kier molecular flexibility index (Phi) is 5.12. The minimum atomic E-state index is 0.642. The maximum Gasteiger partial charge on any atom is 0.133 e. The average molecular weight is 407 g/mol. The summed E-state index contributed by atoms with van der Waals surface area (Å²) in [6.45, 7) is 0.945. The second-order valence-corrected chi connectivity index (χ2v) is 7.74. The lowest BCUT2D eigenvalue weighted by atomic mass is 10.0. The van der Waals surface area contributed by atoms with Crippen molar-refractivity contribution in [3.05, 3.63) is 74.4 Å². The smallest absolute Gasteiger partial charge is 0.133 e. The number of benzene rings is 2. The molecule has 4 rings (SSSR count). The summed E-state index contributed by atoms with van der Waals surface area (Å²) in [5.41, 5.74) is 4.28. The summed E-state index contributed by atoms with van der Waals surface area (Å²) in [6.07, 6.45) is 3.96. The van der Waals surface area contributed by atoms with Gasteiger partial charge in [0.1, 0.15) is 5.82 Å². The molecule has 134 valence electrons. The van der Waals surface area contributed by atoms with E-state index in [0.717, 1.165) is 48.6 Å². The molecule has 0 radical (unpaired) electrons. The minimum absolute atomic E-state index is 0.642. The van der Waals surface area contributed by atoms with Crippen LogP contribution in [0.4, 0.5) is 5.82 Å². The summed E-state index contributed by atoms with van der Waals surface area (Å²) in [4.78, 5) is 0. The molecule has 3 aromatic rings. The Bertz CT molecular complexity index is 949. The fraction of sp³-hybridized carbons (Fsp3) is 0.250. The Hall–Kier alpha value is -1.68. The molecule has 0 fully saturated rings. The minimum Gasteiger partial charge on any atom is -0.370 e. The number of hydrogen-bond acceptors (Lipinski definition) is 2. The summed E-state index contributed by atoms with van der Waals surface area (Å²) in [5.74, 6) is 1.06. The second kappa shape index (κ2) is 7.51. The highest BCUT2D eigenvalue weighted by Gasteiger charge is 2.21. The van der Waals surface area contributed by atoms with Gasteiger partial charge < -0.3 is 5.32 Å². The highest BCUT2D eigenvalue weighted by molar-refractivity contribution is 6.35. The van der Waals surface area contributed by atoms with Crippen LogP contribution in [-0.2, 0) is 12.8 Å². The SMILES string of the molecule is Clc1cccc(-n2nc(Cc3ccc(Cl)cc3Cl)c3c2NCCCC3)c1. The van der Waals surface area contributed by atoms with Crippen molar-refractivity contribution < 1.29 is 0 Å². The van der Waals surface area contributed by atoms with Gasteiger partial charge in [-0.05, 0) is 55.2 Å². The molecule has 26 heavy (non-hydrogen) atoms. The molecule has 0 atom stereocenters. The third-order valence-corrected chi connectivity index (χ3v) is 5.46. The molecule has 1 N–H and O–H groups in total. The van der Waals surface area contributed by atoms with Gasteiger partial charge in [0.25, 0.3) is 0 Å². The van der Waals surface area contributed by atoms with Gasteiger partial charge in [-0.2, -0.15) is 5.10 Å². The maximum absolute atomic E-state index is 6.39. The van der Waals surface area contributed by atoms with Gasteiger partial charge in [-0.3, -0.25) is 0 Å². The van der Waals surface area contributed by atoms with Gasteiger partial charge in [-0.1, -0.05) is 46.9 Å². The molecule has 0 unspecified atom stereocenters. The molecule has 1 aliphatic rings. The van der Waals surface area contributed by atoms with Crippen molar-refractivity contribution in [1.82, 2.24) is 9.78 Å². The number of hydrogen-bond donors (Lipinski definition) is 1. The van der Waals surface area contributed by atoms with E-state index in [1.54, 1.807) is 6.07 Å². The van der Waals surface area contributed by atoms with Crippen LogP contribution in [0.25, 0.3) is 5.69 Å². The Balaban J connectivity index is 1.79. The molecule has 0 saturated heterocycles. The Morgan fingerprint density at radius 3 is 2.65 bits per heavy atom. The van der Waals surface area contributed by atoms with Gasteiger partial charge in [-0.15, -0.1) is 0 Å². The average Bonchev–Trinajstić information content (AvgIpc) is 2.79. The first-order valence-corrected chi connectivity index (χ1v) is 9.80. The number of halogens is 3. The van der Waals surface area contributed by atoms with Crippen LogP contribution in [0.5, 0.6) is 0 Å². The molecule has 0 aliphatic carbocycles. The molecule has 2 aromatic carbocycles. The monoisotopic (exact) mass is 405 g/mol. The number of nitrogens with one attached hydrogen (secondary N) is 1. The lowest BCUT2D eigenvalue weighted by Crippen LogP contribution is -2.07. The lowest BCUT2D eigenvalue weighted by molar-refractivity contribution is 0.767. The van der Waals surface area contributed by atoms with E-state index in [0.29, 0.717) is 21.5 Å². The lowest BCUT2D eigenvalue weighted by Gasteiger charge is -2.09. The number of rotatable bonds is 3. The van der Waals surface area contributed by atoms with E-state index in [-0.39, 0.29) is 0 Å². The van der Waals surface area contributed by atoms with Crippen LogP contribution in [-0.4, -0.2) is 16.3 Å². The molecular formula is C20H18Cl3N3. The number of aromatic nitrogens is 2. The van der Waals surface area contributed by atoms with Crippen molar-refractivity contribution in [2.75, 3.05) is 11.9 Å². The van der Waals surface area contributed by atoms with E-state index in [9.17, 15) is 0 Å². The van der Waals surface area contributed by atoms with Crippen molar-refractivity contribution in [1.29, 1.82) is 0 Å². The van der Waals surface area contributed by atoms with Crippen LogP contribution in [0, 0.1) is 0 Å². The van der Waals surface area contributed by atoms with Crippen molar-refractivity contribution >= 4 is 40.6 Å². The van der Waals surface area contributed by atoms with Gasteiger partial charge in [0, 0.05) is 33.6 Å². The van der Waals surface area contributed by atoms with Gasteiger partial charge in [0.2, 0.25) is 0 Å². The van der Waals surface area contributed by atoms with E-state index in [4.69, 9.17) is 39.9 Å². The van der Waals surface area contributed by atoms with Crippen LogP contribution in [0.15, 0.2) is 42.5 Å². The van der Waals surface area contributed by atoms with Crippen molar-refractivity contribution in [3.63, 3.8) is 0 Å². The van der Waals surface area contributed by atoms with E-state index >= 15 is 0 Å². The first kappa shape index (κ1) is 17.7.